The minimum Gasteiger partial charge on any atom is -0.370 e. The van der Waals surface area contributed by atoms with Crippen molar-refractivity contribution in [1.29, 1.82) is 0 Å². The topological polar surface area (TPSA) is 77.3 Å². The summed E-state index contributed by atoms with van der Waals surface area (Å²) in [5.41, 5.74) is 17.9. The van der Waals surface area contributed by atoms with Crippen LogP contribution in [0.3, 0.4) is 0 Å². The Bertz CT molecular complexity index is 1170. The van der Waals surface area contributed by atoms with Crippen LogP contribution in [0.5, 0.6) is 0 Å². The van der Waals surface area contributed by atoms with E-state index in [1.807, 2.05) is 32.0 Å². The van der Waals surface area contributed by atoms with Crippen molar-refractivity contribution in [3.05, 3.63) is 69.6 Å². The van der Waals surface area contributed by atoms with Crippen LogP contribution < -0.4 is 11.5 Å². The second-order valence-corrected chi connectivity index (χ2v) is 7.78. The van der Waals surface area contributed by atoms with Crippen LogP contribution in [0.4, 0.5) is 4.39 Å². The summed E-state index contributed by atoms with van der Waals surface area (Å²) in [7, 11) is 0. The maximum Gasteiger partial charge on any atom is 0.191 e. The van der Waals surface area contributed by atoms with Gasteiger partial charge in [0.25, 0.3) is 0 Å². The molecule has 6 heteroatoms. The number of halogens is 2. The summed E-state index contributed by atoms with van der Waals surface area (Å²) in [4.78, 5) is 9.08. The van der Waals surface area contributed by atoms with E-state index in [2.05, 4.69) is 4.99 Å². The first kappa shape index (κ1) is 19.4. The second kappa shape index (κ2) is 7.48. The molecule has 0 bridgehead atoms. The van der Waals surface area contributed by atoms with Gasteiger partial charge in [-0.15, -0.1) is 0 Å². The first-order chi connectivity index (χ1) is 13.9. The Morgan fingerprint density at radius 1 is 1.10 bits per heavy atom. The van der Waals surface area contributed by atoms with Crippen LogP contribution in [0.25, 0.3) is 27.7 Å². The zero-order valence-electron chi connectivity index (χ0n) is 16.4. The number of rotatable bonds is 3. The average Bonchev–Trinajstić information content (AvgIpc) is 2.62. The molecule has 3 aromatic rings. The molecule has 0 radical (unpaired) electrons. The predicted molar refractivity (Wildman–Crippen MR) is 118 cm³/mol. The normalized spacial score (nSPS) is 13.3. The fourth-order valence-electron chi connectivity index (χ4n) is 3.75. The van der Waals surface area contributed by atoms with Gasteiger partial charge in [-0.1, -0.05) is 23.7 Å². The van der Waals surface area contributed by atoms with Gasteiger partial charge in [0.05, 0.1) is 16.2 Å². The molecule has 1 fully saturated rings. The Kier molecular flexibility index (Phi) is 5.01. The third-order valence-electron chi connectivity index (χ3n) is 5.49. The van der Waals surface area contributed by atoms with Gasteiger partial charge in [0.2, 0.25) is 0 Å². The van der Waals surface area contributed by atoms with Crippen molar-refractivity contribution >= 4 is 34.2 Å². The van der Waals surface area contributed by atoms with Gasteiger partial charge in [-0.3, -0.25) is 4.98 Å². The van der Waals surface area contributed by atoms with E-state index in [0.29, 0.717) is 10.6 Å². The number of hydrogen-bond donors (Lipinski definition) is 2. The second-order valence-electron chi connectivity index (χ2n) is 7.37. The van der Waals surface area contributed by atoms with Crippen LogP contribution in [0.1, 0.15) is 36.1 Å². The number of pyridine rings is 1. The Morgan fingerprint density at radius 2 is 1.86 bits per heavy atom. The van der Waals surface area contributed by atoms with Gasteiger partial charge in [0.15, 0.2) is 5.96 Å². The Hall–Kier alpha value is -2.92. The van der Waals surface area contributed by atoms with Gasteiger partial charge in [-0.25, -0.2) is 9.38 Å². The minimum atomic E-state index is -0.361. The summed E-state index contributed by atoms with van der Waals surface area (Å²) in [6.07, 6.45) is 3.07. The first-order valence-electron chi connectivity index (χ1n) is 9.54. The molecule has 0 aliphatic heterocycles. The highest BCUT2D eigenvalue weighted by atomic mass is 35.5. The number of nitrogens with two attached hydrogens (primary N) is 2. The number of nitrogens with zero attached hydrogens (tertiary/aromatic N) is 2. The number of aryl methyl sites for hydroxylation is 1. The summed E-state index contributed by atoms with van der Waals surface area (Å²) in [6.45, 7) is 3.86. The zero-order valence-corrected chi connectivity index (χ0v) is 17.1. The molecular weight excluding hydrogens is 387 g/mol. The van der Waals surface area contributed by atoms with Gasteiger partial charge < -0.3 is 11.5 Å². The van der Waals surface area contributed by atoms with Gasteiger partial charge in [0, 0.05) is 27.8 Å². The Balaban J connectivity index is 2.05. The highest BCUT2D eigenvalue weighted by molar-refractivity contribution is 6.33. The molecule has 29 heavy (non-hydrogen) atoms. The maximum absolute atomic E-state index is 14.8. The molecule has 4 N–H and O–H groups in total. The fraction of sp³-hybridized carbons (Fsp3) is 0.217. The Morgan fingerprint density at radius 3 is 2.48 bits per heavy atom. The molecule has 1 aliphatic carbocycles. The van der Waals surface area contributed by atoms with Crippen molar-refractivity contribution in [2.24, 2.45) is 16.5 Å². The van der Waals surface area contributed by atoms with E-state index in [9.17, 15) is 4.39 Å². The highest BCUT2D eigenvalue weighted by Gasteiger charge is 2.20. The minimum absolute atomic E-state index is 0.0232. The van der Waals surface area contributed by atoms with Gasteiger partial charge in [-0.2, -0.15) is 0 Å². The lowest BCUT2D eigenvalue weighted by Gasteiger charge is -2.21. The van der Waals surface area contributed by atoms with Crippen LogP contribution in [0.15, 0.2) is 47.0 Å². The van der Waals surface area contributed by atoms with Crippen molar-refractivity contribution in [3.8, 4) is 11.1 Å². The van der Waals surface area contributed by atoms with E-state index in [4.69, 9.17) is 28.1 Å². The molecule has 1 saturated carbocycles. The van der Waals surface area contributed by atoms with Crippen molar-refractivity contribution in [1.82, 2.24) is 4.98 Å². The number of allylic oxidation sites excluding steroid dienone is 1. The van der Waals surface area contributed by atoms with E-state index < -0.39 is 0 Å². The predicted octanol–water partition coefficient (Wildman–Crippen LogP) is 5.48. The average molecular weight is 409 g/mol. The lowest BCUT2D eigenvalue weighted by Crippen LogP contribution is -2.23. The number of aliphatic imine (C=N–C) groups is 1. The van der Waals surface area contributed by atoms with Crippen LogP contribution >= 0.6 is 11.6 Å². The lowest BCUT2D eigenvalue weighted by atomic mass is 9.87. The van der Waals surface area contributed by atoms with Gasteiger partial charge >= 0.3 is 0 Å². The van der Waals surface area contributed by atoms with Crippen LogP contribution in [-0.2, 0) is 0 Å². The molecule has 0 amide bonds. The molecule has 0 spiro atoms. The van der Waals surface area contributed by atoms with Gasteiger partial charge in [0.1, 0.15) is 5.82 Å². The van der Waals surface area contributed by atoms with E-state index in [1.54, 1.807) is 12.1 Å². The number of fused-ring (bicyclic) bond motifs is 1. The van der Waals surface area contributed by atoms with Crippen molar-refractivity contribution in [2.45, 2.75) is 33.1 Å². The highest BCUT2D eigenvalue weighted by Crippen LogP contribution is 2.40. The molecule has 4 nitrogen and oxygen atoms in total. The number of aromatic nitrogens is 1. The molecule has 148 valence electrons. The number of benzene rings is 2. The maximum atomic E-state index is 14.8. The van der Waals surface area contributed by atoms with Crippen LogP contribution in [0, 0.1) is 19.7 Å². The third kappa shape index (κ3) is 3.47. The lowest BCUT2D eigenvalue weighted by molar-refractivity contribution is 0.631. The monoisotopic (exact) mass is 408 g/mol. The standard InChI is InChI=1S/C23H22ClFN4/c1-12-13(2)28-19-10-9-15(22(29-23(26)27)14-5-3-6-14)11-16(19)20(12)21-17(24)7-4-8-18(21)25/h4,7-11H,3,5-6H2,1-2H3,(H4,26,27,29). The molecule has 0 saturated heterocycles. The third-order valence-corrected chi connectivity index (χ3v) is 5.81. The summed E-state index contributed by atoms with van der Waals surface area (Å²) < 4.78 is 14.8. The number of guanidine groups is 1. The van der Waals surface area contributed by atoms with E-state index in [0.717, 1.165) is 58.2 Å². The molecule has 2 aromatic carbocycles. The van der Waals surface area contributed by atoms with E-state index in [1.165, 1.54) is 11.6 Å². The summed E-state index contributed by atoms with van der Waals surface area (Å²) in [5.74, 6) is -0.338. The first-order valence-corrected chi connectivity index (χ1v) is 9.92. The SMILES string of the molecule is Cc1nc2ccc(C(N=C(N)N)=C3CCC3)cc2c(-c2c(F)cccc2Cl)c1C. The van der Waals surface area contributed by atoms with Gasteiger partial charge in [-0.05, 0) is 68.5 Å². The summed E-state index contributed by atoms with van der Waals surface area (Å²) in [5, 5.41) is 1.19. The van der Waals surface area contributed by atoms with Crippen molar-refractivity contribution in [3.63, 3.8) is 0 Å². The fourth-order valence-corrected chi connectivity index (χ4v) is 4.01. The molecule has 4 rings (SSSR count). The zero-order chi connectivity index (χ0) is 20.7. The molecular formula is C23H22ClFN4. The smallest absolute Gasteiger partial charge is 0.191 e. The van der Waals surface area contributed by atoms with E-state index in [-0.39, 0.29) is 11.8 Å². The quantitative estimate of drug-likeness (QED) is 0.445. The number of hydrogen-bond acceptors (Lipinski definition) is 2. The van der Waals surface area contributed by atoms with Crippen LogP contribution in [-0.4, -0.2) is 10.9 Å². The largest absolute Gasteiger partial charge is 0.370 e. The van der Waals surface area contributed by atoms with E-state index >= 15 is 0 Å². The van der Waals surface area contributed by atoms with Crippen molar-refractivity contribution in [2.75, 3.05) is 0 Å². The molecule has 1 heterocycles. The molecule has 0 atom stereocenters. The summed E-state index contributed by atoms with van der Waals surface area (Å²) in [6, 6.07) is 10.6. The molecule has 0 unspecified atom stereocenters. The van der Waals surface area contributed by atoms with Crippen LogP contribution in [0.2, 0.25) is 5.02 Å². The molecule has 1 aliphatic rings. The Labute approximate surface area is 174 Å². The van der Waals surface area contributed by atoms with Crippen molar-refractivity contribution < 1.29 is 4.39 Å². The summed E-state index contributed by atoms with van der Waals surface area (Å²) >= 11 is 6.42. The molecule has 1 aromatic heterocycles.